The minimum Gasteiger partial charge on any atom is -0.611 e. The second kappa shape index (κ2) is 11.9. The summed E-state index contributed by atoms with van der Waals surface area (Å²) >= 11 is -1.17. The summed E-state index contributed by atoms with van der Waals surface area (Å²) in [5, 5.41) is 7.69. The van der Waals surface area contributed by atoms with Crippen LogP contribution in [0.3, 0.4) is 0 Å². The molecule has 0 fully saturated rings. The molecule has 0 aliphatic rings. The highest BCUT2D eigenvalue weighted by Gasteiger charge is 2.17. The number of ether oxygens (including phenoxy) is 1. The van der Waals surface area contributed by atoms with Crippen LogP contribution in [-0.2, 0) is 27.9 Å². The number of hydrogen-bond donors (Lipinski definition) is 2. The van der Waals surface area contributed by atoms with Crippen molar-refractivity contribution in [3.05, 3.63) is 72.4 Å². The van der Waals surface area contributed by atoms with Crippen molar-refractivity contribution >= 4 is 33.7 Å². The maximum absolute atomic E-state index is 14.9. The normalized spacial score (nSPS) is 12.5. The maximum Gasteiger partial charge on any atom is 0.228 e. The largest absolute Gasteiger partial charge is 0.611 e. The van der Waals surface area contributed by atoms with Crippen molar-refractivity contribution in [2.45, 2.75) is 50.5 Å². The fourth-order valence-corrected chi connectivity index (χ4v) is 4.99. The summed E-state index contributed by atoms with van der Waals surface area (Å²) in [7, 11) is 0. The van der Waals surface area contributed by atoms with Crippen LogP contribution in [0.2, 0.25) is 0 Å². The van der Waals surface area contributed by atoms with Gasteiger partial charge < -0.3 is 20.3 Å². The van der Waals surface area contributed by atoms with Gasteiger partial charge in [0.2, 0.25) is 5.91 Å². The molecule has 0 bridgehead atoms. The van der Waals surface area contributed by atoms with Gasteiger partial charge >= 0.3 is 0 Å². The van der Waals surface area contributed by atoms with E-state index in [2.05, 4.69) is 15.4 Å². The van der Waals surface area contributed by atoms with Crippen LogP contribution in [0.25, 0.3) is 10.9 Å². The van der Waals surface area contributed by atoms with Gasteiger partial charge in [0.1, 0.15) is 23.1 Å². The average Bonchev–Trinajstić information content (AvgIpc) is 3.35. The molecule has 2 aromatic carbocycles. The Morgan fingerprint density at radius 1 is 1.18 bits per heavy atom. The van der Waals surface area contributed by atoms with Gasteiger partial charge in [-0.2, -0.15) is 5.10 Å². The molecule has 0 saturated heterocycles. The van der Waals surface area contributed by atoms with E-state index in [-0.39, 0.29) is 29.2 Å². The van der Waals surface area contributed by atoms with Crippen LogP contribution in [0.4, 0.5) is 10.1 Å². The number of benzene rings is 2. The van der Waals surface area contributed by atoms with E-state index < -0.39 is 17.0 Å². The van der Waals surface area contributed by atoms with E-state index in [1.807, 2.05) is 20.8 Å². The molecular weight excluding hydrogens is 505 g/mol. The van der Waals surface area contributed by atoms with Gasteiger partial charge in [-0.25, -0.2) is 4.39 Å². The van der Waals surface area contributed by atoms with Crippen molar-refractivity contribution in [2.24, 2.45) is 5.73 Å². The molecule has 38 heavy (non-hydrogen) atoms. The summed E-state index contributed by atoms with van der Waals surface area (Å²) in [6.45, 7) is 6.58. The zero-order valence-electron chi connectivity index (χ0n) is 21.7. The SMILES string of the molecule is CC(C)(C)n1cc(NC(=O)Cc2ccc(Oc3ccnc4ccc([S+]([O-])CCCCN)cc34)cc2F)cn1. The molecule has 1 atom stereocenters. The second-order valence-electron chi connectivity index (χ2n) is 9.96. The Morgan fingerprint density at radius 2 is 2.00 bits per heavy atom. The molecule has 4 rings (SSSR count). The number of unbranched alkanes of at least 4 members (excludes halogenated alkanes) is 1. The van der Waals surface area contributed by atoms with Crippen LogP contribution in [0.5, 0.6) is 11.5 Å². The fraction of sp³-hybridized carbons (Fsp3) is 0.321. The van der Waals surface area contributed by atoms with E-state index in [0.29, 0.717) is 39.5 Å². The number of carbonyl (C=O) groups is 1. The Labute approximate surface area is 224 Å². The topological polar surface area (TPSA) is 118 Å². The van der Waals surface area contributed by atoms with Crippen LogP contribution in [0.1, 0.15) is 39.2 Å². The van der Waals surface area contributed by atoms with Gasteiger partial charge in [-0.05, 0) is 81.2 Å². The number of carbonyl (C=O) groups excluding carboxylic acids is 1. The quantitative estimate of drug-likeness (QED) is 0.213. The number of nitrogens with zero attached hydrogens (tertiary/aromatic N) is 3. The third-order valence-electron chi connectivity index (χ3n) is 5.88. The van der Waals surface area contributed by atoms with Gasteiger partial charge in [-0.15, -0.1) is 0 Å². The zero-order chi connectivity index (χ0) is 27.3. The van der Waals surface area contributed by atoms with Gasteiger partial charge in [0.25, 0.3) is 0 Å². The molecule has 10 heteroatoms. The van der Waals surface area contributed by atoms with Crippen molar-refractivity contribution in [2.75, 3.05) is 17.6 Å². The number of anilines is 1. The number of rotatable bonds is 10. The molecule has 200 valence electrons. The Morgan fingerprint density at radius 3 is 2.71 bits per heavy atom. The number of aromatic nitrogens is 3. The van der Waals surface area contributed by atoms with Gasteiger partial charge in [0.15, 0.2) is 4.90 Å². The third-order valence-corrected chi connectivity index (χ3v) is 7.32. The molecular formula is C28H32FN5O3S. The van der Waals surface area contributed by atoms with Gasteiger partial charge in [0.05, 0.1) is 29.4 Å². The van der Waals surface area contributed by atoms with Crippen LogP contribution in [0.15, 0.2) is 66.0 Å². The molecule has 4 aromatic rings. The van der Waals surface area contributed by atoms with Crippen molar-refractivity contribution in [3.8, 4) is 11.5 Å². The highest BCUT2D eigenvalue weighted by molar-refractivity contribution is 7.91. The first kappa shape index (κ1) is 27.6. The molecule has 0 radical (unpaired) electrons. The molecule has 0 spiro atoms. The van der Waals surface area contributed by atoms with Crippen molar-refractivity contribution < 1.29 is 18.5 Å². The minimum atomic E-state index is -1.17. The molecule has 0 saturated carbocycles. The van der Waals surface area contributed by atoms with Crippen molar-refractivity contribution in [1.29, 1.82) is 0 Å². The minimum absolute atomic E-state index is 0.135. The Kier molecular flexibility index (Phi) is 8.65. The summed E-state index contributed by atoms with van der Waals surface area (Å²) < 4.78 is 35.3. The number of fused-ring (bicyclic) bond motifs is 1. The first-order valence-corrected chi connectivity index (χ1v) is 13.7. The summed E-state index contributed by atoms with van der Waals surface area (Å²) in [6.07, 6.45) is 6.38. The summed E-state index contributed by atoms with van der Waals surface area (Å²) in [5.41, 5.74) is 6.79. The second-order valence-corrected chi connectivity index (χ2v) is 11.5. The first-order chi connectivity index (χ1) is 18.1. The lowest BCUT2D eigenvalue weighted by Gasteiger charge is -2.18. The van der Waals surface area contributed by atoms with E-state index in [4.69, 9.17) is 10.5 Å². The number of halogens is 1. The summed E-state index contributed by atoms with van der Waals surface area (Å²) in [4.78, 5) is 17.5. The number of hydrogen-bond acceptors (Lipinski definition) is 6. The third kappa shape index (κ3) is 6.89. The molecule has 8 nitrogen and oxygen atoms in total. The fourth-order valence-electron chi connectivity index (χ4n) is 3.82. The summed E-state index contributed by atoms with van der Waals surface area (Å²) in [5.74, 6) is 0.371. The van der Waals surface area contributed by atoms with E-state index in [0.717, 1.165) is 12.8 Å². The highest BCUT2D eigenvalue weighted by Crippen LogP contribution is 2.31. The molecule has 1 amide bonds. The Bertz CT molecular complexity index is 1420. The predicted octanol–water partition coefficient (Wildman–Crippen LogP) is 5.15. The molecule has 2 aromatic heterocycles. The van der Waals surface area contributed by atoms with Gasteiger partial charge in [-0.3, -0.25) is 14.5 Å². The van der Waals surface area contributed by atoms with Crippen LogP contribution >= 0.6 is 0 Å². The Balaban J connectivity index is 1.45. The van der Waals surface area contributed by atoms with Crippen LogP contribution in [0, 0.1) is 5.82 Å². The maximum atomic E-state index is 14.9. The van der Waals surface area contributed by atoms with Gasteiger partial charge in [-0.1, -0.05) is 6.07 Å². The highest BCUT2D eigenvalue weighted by atomic mass is 32.2. The number of nitrogens with one attached hydrogen (secondary N) is 1. The molecule has 2 heterocycles. The van der Waals surface area contributed by atoms with E-state index >= 15 is 0 Å². The smallest absolute Gasteiger partial charge is 0.228 e. The molecule has 0 aliphatic carbocycles. The zero-order valence-corrected chi connectivity index (χ0v) is 22.6. The monoisotopic (exact) mass is 537 g/mol. The van der Waals surface area contributed by atoms with E-state index in [1.54, 1.807) is 53.6 Å². The van der Waals surface area contributed by atoms with Crippen molar-refractivity contribution in [1.82, 2.24) is 14.8 Å². The lowest BCUT2D eigenvalue weighted by atomic mass is 10.1. The lowest BCUT2D eigenvalue weighted by Crippen LogP contribution is -2.22. The lowest BCUT2D eigenvalue weighted by molar-refractivity contribution is -0.115. The molecule has 0 aliphatic heterocycles. The van der Waals surface area contributed by atoms with Crippen LogP contribution < -0.4 is 15.8 Å². The Hall–Kier alpha value is -3.47. The van der Waals surface area contributed by atoms with Crippen LogP contribution in [-0.4, -0.2) is 37.5 Å². The van der Waals surface area contributed by atoms with Crippen molar-refractivity contribution in [3.63, 3.8) is 0 Å². The summed E-state index contributed by atoms with van der Waals surface area (Å²) in [6, 6.07) is 11.5. The number of pyridine rings is 1. The number of amides is 1. The molecule has 3 N–H and O–H groups in total. The van der Waals surface area contributed by atoms with E-state index in [1.165, 1.54) is 12.1 Å². The number of nitrogens with two attached hydrogens (primary N) is 1. The van der Waals surface area contributed by atoms with E-state index in [9.17, 15) is 13.7 Å². The average molecular weight is 538 g/mol. The first-order valence-electron chi connectivity index (χ1n) is 12.4. The molecule has 1 unspecified atom stereocenters. The van der Waals surface area contributed by atoms with Gasteiger partial charge in [0, 0.05) is 29.9 Å². The predicted molar refractivity (Wildman–Crippen MR) is 147 cm³/mol. The standard InChI is InChI=1S/C28H32FN5O3S/c1-28(2,3)34-18-20(17-32-34)33-27(35)14-19-6-7-21(15-24(19)29)37-26-10-12-31-25-9-8-22(16-23(25)26)38(36)13-5-4-11-30/h6-10,12,15-18H,4-5,11,13-14,30H2,1-3H3,(H,33,35).